The number of fused-ring (bicyclic) bond motifs is 4. The summed E-state index contributed by atoms with van der Waals surface area (Å²) in [5, 5.41) is 5.27. The average molecular weight is 463 g/mol. The van der Waals surface area contributed by atoms with Gasteiger partial charge < -0.3 is 0 Å². The van der Waals surface area contributed by atoms with E-state index in [1.54, 1.807) is 0 Å². The highest BCUT2D eigenvalue weighted by Gasteiger charge is 2.17. The van der Waals surface area contributed by atoms with Gasteiger partial charge in [-0.05, 0) is 61.9 Å². The van der Waals surface area contributed by atoms with Crippen LogP contribution in [0.15, 0.2) is 84.9 Å². The van der Waals surface area contributed by atoms with E-state index in [0.717, 1.165) is 6.42 Å². The standard InChI is InChI=1S/C27H22.C5H12.C3H8/c1-2-8-21-17-23(25-13-6-5-12-24(21)25)18-22-11-7-10-20-16-15-19-9-3-4-14-26(19)27(20)22;1-3-5-4-2;1-3-2/h3-7,9-18H,2,8H2,1H3;3-5H2,1-2H3;3H2,1-2H3/b23-18+;;. The van der Waals surface area contributed by atoms with Gasteiger partial charge >= 0.3 is 0 Å². The molecule has 0 atom stereocenters. The van der Waals surface area contributed by atoms with Crippen LogP contribution in [-0.4, -0.2) is 0 Å². The molecule has 0 radical (unpaired) electrons. The van der Waals surface area contributed by atoms with E-state index >= 15 is 0 Å². The molecule has 0 N–H and O–H groups in total. The van der Waals surface area contributed by atoms with Gasteiger partial charge in [0.1, 0.15) is 0 Å². The van der Waals surface area contributed by atoms with Gasteiger partial charge in [0.25, 0.3) is 0 Å². The average Bonchev–Trinajstić information content (AvgIpc) is 3.23. The SMILES string of the molecule is CCC.CCCC1=C/C(=C\c2cccc3ccc4ccccc4c23)c2ccccc21.CCCCC. The van der Waals surface area contributed by atoms with E-state index in [4.69, 9.17) is 0 Å². The molecule has 0 bridgehead atoms. The molecule has 0 aliphatic heterocycles. The van der Waals surface area contributed by atoms with Gasteiger partial charge in [0.05, 0.1) is 0 Å². The summed E-state index contributed by atoms with van der Waals surface area (Å²) < 4.78 is 0. The normalized spacial score (nSPS) is 13.1. The number of allylic oxidation sites excluding steroid dienone is 3. The van der Waals surface area contributed by atoms with Crippen LogP contribution in [0, 0.1) is 0 Å². The molecule has 1 aliphatic carbocycles. The van der Waals surface area contributed by atoms with Crippen LogP contribution in [0.25, 0.3) is 38.8 Å². The van der Waals surface area contributed by atoms with Gasteiger partial charge in [0.2, 0.25) is 0 Å². The molecule has 0 fully saturated rings. The third-order valence-corrected chi connectivity index (χ3v) is 6.25. The van der Waals surface area contributed by atoms with Crippen LogP contribution < -0.4 is 0 Å². The first-order valence-corrected chi connectivity index (χ1v) is 13.6. The Morgan fingerprint density at radius 2 is 1.23 bits per heavy atom. The second-order valence-electron chi connectivity index (χ2n) is 9.36. The van der Waals surface area contributed by atoms with Crippen molar-refractivity contribution in [2.24, 2.45) is 0 Å². The zero-order valence-corrected chi connectivity index (χ0v) is 22.4. The van der Waals surface area contributed by atoms with Crippen LogP contribution in [0.4, 0.5) is 0 Å². The molecule has 0 amide bonds. The van der Waals surface area contributed by atoms with Crippen molar-refractivity contribution in [1.29, 1.82) is 0 Å². The summed E-state index contributed by atoms with van der Waals surface area (Å²) in [6, 6.07) is 28.6. The van der Waals surface area contributed by atoms with E-state index in [0.29, 0.717) is 0 Å². The fourth-order valence-corrected chi connectivity index (χ4v) is 4.68. The minimum atomic E-state index is 1.13. The smallest absolute Gasteiger partial charge is 0.00326 e. The van der Waals surface area contributed by atoms with Crippen LogP contribution >= 0.6 is 0 Å². The van der Waals surface area contributed by atoms with Gasteiger partial charge in [-0.25, -0.2) is 0 Å². The van der Waals surface area contributed by atoms with Gasteiger partial charge in [-0.3, -0.25) is 0 Å². The van der Waals surface area contributed by atoms with Crippen LogP contribution in [0.1, 0.15) is 89.8 Å². The minimum Gasteiger partial charge on any atom is -0.0656 e. The Hall–Kier alpha value is -3.12. The second-order valence-corrected chi connectivity index (χ2v) is 9.36. The zero-order valence-electron chi connectivity index (χ0n) is 22.4. The zero-order chi connectivity index (χ0) is 25.0. The van der Waals surface area contributed by atoms with Crippen molar-refractivity contribution in [3.05, 3.63) is 102 Å². The predicted molar refractivity (Wildman–Crippen MR) is 160 cm³/mol. The molecule has 0 saturated heterocycles. The monoisotopic (exact) mass is 462 g/mol. The molecular formula is C35H42. The number of unbranched alkanes of at least 4 members (excludes halogenated alkanes) is 2. The minimum absolute atomic E-state index is 1.13. The number of benzene rings is 4. The Morgan fingerprint density at radius 1 is 0.600 bits per heavy atom. The summed E-state index contributed by atoms with van der Waals surface area (Å²) in [5.74, 6) is 0. The van der Waals surface area contributed by atoms with E-state index in [1.807, 2.05) is 0 Å². The fraction of sp³-hybridized carbons (Fsp3) is 0.314. The van der Waals surface area contributed by atoms with Crippen molar-refractivity contribution >= 4 is 38.8 Å². The first-order chi connectivity index (χ1) is 17.2. The van der Waals surface area contributed by atoms with Gasteiger partial charge in [-0.1, -0.05) is 152 Å². The van der Waals surface area contributed by atoms with Gasteiger partial charge in [0.15, 0.2) is 0 Å². The largest absolute Gasteiger partial charge is 0.0656 e. The molecule has 0 spiro atoms. The summed E-state index contributed by atoms with van der Waals surface area (Å²) >= 11 is 0. The molecule has 0 heteroatoms. The van der Waals surface area contributed by atoms with Crippen LogP contribution in [0.5, 0.6) is 0 Å². The molecule has 0 saturated carbocycles. The van der Waals surface area contributed by atoms with E-state index < -0.39 is 0 Å². The Bertz CT molecular complexity index is 1280. The lowest BCUT2D eigenvalue weighted by Crippen LogP contribution is -1.85. The van der Waals surface area contributed by atoms with Crippen molar-refractivity contribution in [3.8, 4) is 0 Å². The molecule has 0 aromatic heterocycles. The summed E-state index contributed by atoms with van der Waals surface area (Å²) in [6.45, 7) is 10.9. The quantitative estimate of drug-likeness (QED) is 0.259. The van der Waals surface area contributed by atoms with E-state index in [-0.39, 0.29) is 0 Å². The first kappa shape index (κ1) is 26.5. The molecule has 0 unspecified atom stereocenters. The third kappa shape index (κ3) is 6.51. The number of hydrogen-bond acceptors (Lipinski definition) is 0. The van der Waals surface area contributed by atoms with E-state index in [1.165, 1.54) is 81.5 Å². The highest BCUT2D eigenvalue weighted by atomic mass is 14.2. The molecule has 0 nitrogen and oxygen atoms in total. The molecule has 5 rings (SSSR count). The van der Waals surface area contributed by atoms with Crippen molar-refractivity contribution < 1.29 is 0 Å². The van der Waals surface area contributed by atoms with Crippen molar-refractivity contribution in [3.63, 3.8) is 0 Å². The lowest BCUT2D eigenvalue weighted by atomic mass is 9.95. The maximum atomic E-state index is 2.39. The summed E-state index contributed by atoms with van der Waals surface area (Å²) in [4.78, 5) is 0. The lowest BCUT2D eigenvalue weighted by Gasteiger charge is -2.09. The van der Waals surface area contributed by atoms with Gasteiger partial charge in [-0.2, -0.15) is 0 Å². The first-order valence-electron chi connectivity index (χ1n) is 13.6. The Kier molecular flexibility index (Phi) is 10.4. The maximum Gasteiger partial charge on any atom is -0.00326 e. The molecule has 0 heterocycles. The second kappa shape index (κ2) is 13.7. The Morgan fingerprint density at radius 3 is 1.91 bits per heavy atom. The maximum absolute atomic E-state index is 2.39. The summed E-state index contributed by atoms with van der Waals surface area (Å²) in [5.41, 5.74) is 6.84. The fourth-order valence-electron chi connectivity index (χ4n) is 4.68. The molecule has 4 aromatic carbocycles. The lowest BCUT2D eigenvalue weighted by molar-refractivity contribution is 0.772. The van der Waals surface area contributed by atoms with Gasteiger partial charge in [0, 0.05) is 0 Å². The number of hydrogen-bond donors (Lipinski definition) is 0. The molecular weight excluding hydrogens is 420 g/mol. The van der Waals surface area contributed by atoms with Crippen molar-refractivity contribution in [2.75, 3.05) is 0 Å². The summed E-state index contributed by atoms with van der Waals surface area (Å²) in [6.07, 6.45) is 12.4. The Labute approximate surface area is 213 Å². The van der Waals surface area contributed by atoms with Gasteiger partial charge in [-0.15, -0.1) is 0 Å². The van der Waals surface area contributed by atoms with Crippen molar-refractivity contribution in [2.45, 2.75) is 73.1 Å². The summed E-state index contributed by atoms with van der Waals surface area (Å²) in [7, 11) is 0. The number of rotatable bonds is 5. The van der Waals surface area contributed by atoms with Crippen LogP contribution in [0.2, 0.25) is 0 Å². The molecule has 182 valence electrons. The van der Waals surface area contributed by atoms with Crippen molar-refractivity contribution in [1.82, 2.24) is 0 Å². The molecule has 35 heavy (non-hydrogen) atoms. The molecule has 4 aromatic rings. The highest BCUT2D eigenvalue weighted by Crippen LogP contribution is 2.39. The highest BCUT2D eigenvalue weighted by molar-refractivity contribution is 6.13. The van der Waals surface area contributed by atoms with E-state index in [2.05, 4.69) is 126 Å². The third-order valence-electron chi connectivity index (χ3n) is 6.25. The van der Waals surface area contributed by atoms with Crippen LogP contribution in [-0.2, 0) is 0 Å². The molecule has 1 aliphatic rings. The van der Waals surface area contributed by atoms with Crippen LogP contribution in [0.3, 0.4) is 0 Å². The Balaban J connectivity index is 0.000000377. The predicted octanol–water partition coefficient (Wildman–Crippen LogP) is 11.3. The topological polar surface area (TPSA) is 0 Å². The van der Waals surface area contributed by atoms with E-state index in [9.17, 15) is 0 Å².